The van der Waals surface area contributed by atoms with E-state index in [1.165, 1.54) is 6.26 Å². The fourth-order valence-corrected chi connectivity index (χ4v) is 4.74. The first-order valence-electron chi connectivity index (χ1n) is 5.57. The number of thioether (sulfide) groups is 1. The summed E-state index contributed by atoms with van der Waals surface area (Å²) in [5.41, 5.74) is 6.27. The van der Waals surface area contributed by atoms with Crippen LogP contribution in [0.15, 0.2) is 12.4 Å². The Hall–Kier alpha value is -0.860. The van der Waals surface area contributed by atoms with E-state index in [4.69, 9.17) is 5.73 Å². The van der Waals surface area contributed by atoms with Gasteiger partial charge in [-0.3, -0.25) is 4.98 Å². The zero-order chi connectivity index (χ0) is 13.2. The predicted molar refractivity (Wildman–Crippen MR) is 73.2 cm³/mol. The van der Waals surface area contributed by atoms with Crippen LogP contribution >= 0.6 is 11.8 Å². The summed E-state index contributed by atoms with van der Waals surface area (Å²) < 4.78 is 23.7. The van der Waals surface area contributed by atoms with Crippen molar-refractivity contribution in [2.45, 2.75) is 11.9 Å². The van der Waals surface area contributed by atoms with Crippen molar-refractivity contribution in [2.75, 3.05) is 29.2 Å². The van der Waals surface area contributed by atoms with Gasteiger partial charge in [-0.1, -0.05) is 0 Å². The molecule has 1 saturated heterocycles. The van der Waals surface area contributed by atoms with Crippen LogP contribution in [0, 0.1) is 0 Å². The first-order valence-corrected chi connectivity index (χ1v) is 8.68. The van der Waals surface area contributed by atoms with Crippen molar-refractivity contribution in [3.8, 4) is 0 Å². The zero-order valence-electron chi connectivity index (χ0n) is 10.1. The van der Waals surface area contributed by atoms with Gasteiger partial charge in [-0.2, -0.15) is 11.8 Å². The lowest BCUT2D eigenvalue weighted by molar-refractivity contribution is 0.583. The van der Waals surface area contributed by atoms with E-state index in [9.17, 15) is 8.42 Å². The molecular formula is C10H16N4O2S2. The molecule has 0 spiro atoms. The first kappa shape index (κ1) is 13.6. The molecule has 1 aliphatic heterocycles. The molecule has 1 aromatic rings. The largest absolute Gasteiger partial charge is 0.337 e. The van der Waals surface area contributed by atoms with E-state index in [1.54, 1.807) is 29.1 Å². The molecule has 6 nitrogen and oxygen atoms in total. The molecule has 0 amide bonds. The number of nitrogens with two attached hydrogens (primary N) is 1. The second kappa shape index (κ2) is 5.41. The molecule has 0 aromatic carbocycles. The second-order valence-corrected chi connectivity index (χ2v) is 7.44. The summed E-state index contributed by atoms with van der Waals surface area (Å²) in [6.07, 6.45) is 4.39. The van der Waals surface area contributed by atoms with Crippen molar-refractivity contribution in [1.82, 2.24) is 9.97 Å². The van der Waals surface area contributed by atoms with E-state index in [2.05, 4.69) is 9.97 Å². The summed E-state index contributed by atoms with van der Waals surface area (Å²) in [6.45, 7) is 0.900. The highest BCUT2D eigenvalue weighted by atomic mass is 32.2. The second-order valence-electron chi connectivity index (χ2n) is 4.08. The lowest BCUT2D eigenvalue weighted by Crippen LogP contribution is -2.48. The number of anilines is 1. The van der Waals surface area contributed by atoms with Crippen molar-refractivity contribution < 1.29 is 8.42 Å². The first-order chi connectivity index (χ1) is 8.54. The Labute approximate surface area is 111 Å². The molecule has 2 heterocycles. The van der Waals surface area contributed by atoms with E-state index in [0.717, 1.165) is 5.75 Å². The lowest BCUT2D eigenvalue weighted by atomic mass is 10.3. The standard InChI is InChI=1S/C10H16N4O2S2/c1-18(15,16)9-7-17-5-4-14(9)10-8(6-11)12-2-3-13-10/h2-3,9H,4-7,11H2,1H3. The van der Waals surface area contributed by atoms with Gasteiger partial charge in [0, 0.05) is 43.2 Å². The molecule has 1 aromatic heterocycles. The lowest BCUT2D eigenvalue weighted by Gasteiger charge is -2.35. The van der Waals surface area contributed by atoms with Crippen LogP contribution in [0.5, 0.6) is 0 Å². The normalized spacial score (nSPS) is 21.0. The molecule has 1 fully saturated rings. The van der Waals surface area contributed by atoms with Crippen molar-refractivity contribution in [1.29, 1.82) is 0 Å². The van der Waals surface area contributed by atoms with Crippen LogP contribution in [-0.4, -0.2) is 48.1 Å². The summed E-state index contributed by atoms with van der Waals surface area (Å²) in [7, 11) is -3.15. The predicted octanol–water partition coefficient (Wildman–Crippen LogP) is -0.141. The molecule has 8 heteroatoms. The number of hydrogen-bond acceptors (Lipinski definition) is 7. The summed E-state index contributed by atoms with van der Waals surface area (Å²) >= 11 is 1.64. The highest BCUT2D eigenvalue weighted by molar-refractivity contribution is 8.01. The van der Waals surface area contributed by atoms with Gasteiger partial charge in [-0.25, -0.2) is 13.4 Å². The van der Waals surface area contributed by atoms with Crippen LogP contribution in [0.2, 0.25) is 0 Å². The van der Waals surface area contributed by atoms with Gasteiger partial charge in [-0.05, 0) is 0 Å². The third kappa shape index (κ3) is 2.76. The Morgan fingerprint density at radius 2 is 2.22 bits per heavy atom. The average molecular weight is 288 g/mol. The SMILES string of the molecule is CS(=O)(=O)C1CSCCN1c1nccnc1CN. The molecule has 1 atom stereocenters. The highest BCUT2D eigenvalue weighted by Crippen LogP contribution is 2.26. The molecular weight excluding hydrogens is 272 g/mol. The molecule has 1 unspecified atom stereocenters. The van der Waals surface area contributed by atoms with Crippen molar-refractivity contribution >= 4 is 27.4 Å². The molecule has 0 saturated carbocycles. The molecule has 0 bridgehead atoms. The fraction of sp³-hybridized carbons (Fsp3) is 0.600. The smallest absolute Gasteiger partial charge is 0.169 e. The number of aromatic nitrogens is 2. The Morgan fingerprint density at radius 3 is 2.89 bits per heavy atom. The van der Waals surface area contributed by atoms with Crippen LogP contribution in [0.4, 0.5) is 5.82 Å². The molecule has 18 heavy (non-hydrogen) atoms. The monoisotopic (exact) mass is 288 g/mol. The van der Waals surface area contributed by atoms with Gasteiger partial charge in [0.25, 0.3) is 0 Å². The van der Waals surface area contributed by atoms with Crippen molar-refractivity contribution in [3.05, 3.63) is 18.1 Å². The topological polar surface area (TPSA) is 89.2 Å². The summed E-state index contributed by atoms with van der Waals surface area (Å²) in [5.74, 6) is 2.03. The van der Waals surface area contributed by atoms with E-state index in [-0.39, 0.29) is 6.54 Å². The van der Waals surface area contributed by atoms with Gasteiger partial charge in [0.1, 0.15) is 5.37 Å². The van der Waals surface area contributed by atoms with Crippen LogP contribution in [0.25, 0.3) is 0 Å². The van der Waals surface area contributed by atoms with Crippen molar-refractivity contribution in [3.63, 3.8) is 0 Å². The van der Waals surface area contributed by atoms with Gasteiger partial charge in [0.15, 0.2) is 15.7 Å². The van der Waals surface area contributed by atoms with Crippen LogP contribution in [0.1, 0.15) is 5.69 Å². The van der Waals surface area contributed by atoms with Crippen LogP contribution in [-0.2, 0) is 16.4 Å². The maximum atomic E-state index is 11.8. The highest BCUT2D eigenvalue weighted by Gasteiger charge is 2.33. The summed E-state index contributed by atoms with van der Waals surface area (Å²) in [4.78, 5) is 10.2. The molecule has 1 aliphatic rings. The Morgan fingerprint density at radius 1 is 1.50 bits per heavy atom. The van der Waals surface area contributed by atoms with Gasteiger partial charge in [0.05, 0.1) is 5.69 Å². The van der Waals surface area contributed by atoms with Crippen molar-refractivity contribution in [2.24, 2.45) is 5.73 Å². The van der Waals surface area contributed by atoms with E-state index >= 15 is 0 Å². The minimum absolute atomic E-state index is 0.253. The van der Waals surface area contributed by atoms with Crippen LogP contribution < -0.4 is 10.6 Å². The Kier molecular flexibility index (Phi) is 4.08. The molecule has 0 aliphatic carbocycles. The zero-order valence-corrected chi connectivity index (χ0v) is 11.7. The Balaban J connectivity index is 2.40. The fourth-order valence-electron chi connectivity index (χ4n) is 1.92. The van der Waals surface area contributed by atoms with Gasteiger partial charge in [-0.15, -0.1) is 0 Å². The Bertz CT molecular complexity index is 520. The third-order valence-electron chi connectivity index (χ3n) is 2.80. The van der Waals surface area contributed by atoms with Gasteiger partial charge in [0.2, 0.25) is 0 Å². The summed E-state index contributed by atoms with van der Waals surface area (Å²) in [5, 5.41) is -0.543. The number of rotatable bonds is 3. The quantitative estimate of drug-likeness (QED) is 0.828. The maximum Gasteiger partial charge on any atom is 0.169 e. The molecule has 2 rings (SSSR count). The van der Waals surface area contributed by atoms with Gasteiger partial charge >= 0.3 is 0 Å². The molecule has 100 valence electrons. The minimum atomic E-state index is -3.15. The van der Waals surface area contributed by atoms with E-state index in [0.29, 0.717) is 23.8 Å². The average Bonchev–Trinajstić information content (AvgIpc) is 2.37. The third-order valence-corrected chi connectivity index (χ3v) is 5.44. The maximum absolute atomic E-state index is 11.8. The minimum Gasteiger partial charge on any atom is -0.337 e. The van der Waals surface area contributed by atoms with E-state index in [1.807, 2.05) is 0 Å². The van der Waals surface area contributed by atoms with E-state index < -0.39 is 15.2 Å². The molecule has 0 radical (unpaired) electrons. The number of nitrogens with zero attached hydrogens (tertiary/aromatic N) is 3. The van der Waals surface area contributed by atoms with Crippen LogP contribution in [0.3, 0.4) is 0 Å². The molecule has 2 N–H and O–H groups in total. The number of sulfone groups is 1. The number of hydrogen-bond donors (Lipinski definition) is 1. The summed E-state index contributed by atoms with van der Waals surface area (Å²) in [6, 6.07) is 0. The van der Waals surface area contributed by atoms with Gasteiger partial charge < -0.3 is 10.6 Å².